The predicted octanol–water partition coefficient (Wildman–Crippen LogP) is 5.04. The van der Waals surface area contributed by atoms with E-state index >= 15 is 0 Å². The van der Waals surface area contributed by atoms with Gasteiger partial charge >= 0.3 is 5.97 Å². The lowest BCUT2D eigenvalue weighted by atomic mass is 9.61. The summed E-state index contributed by atoms with van der Waals surface area (Å²) in [5.74, 6) is 0.359. The molecule has 2 nitrogen and oxygen atoms in total. The summed E-state index contributed by atoms with van der Waals surface area (Å²) in [7, 11) is 0. The predicted molar refractivity (Wildman–Crippen MR) is 90.4 cm³/mol. The van der Waals surface area contributed by atoms with Crippen molar-refractivity contribution in [1.29, 1.82) is 0 Å². The second-order valence-corrected chi connectivity index (χ2v) is 8.16. The highest BCUT2D eigenvalue weighted by molar-refractivity contribution is 9.10. The SMILES string of the molecule is O=C(OCC12CCC(CC1)CC2)C1=CCc2cc(F)cc(Br)c21. The summed E-state index contributed by atoms with van der Waals surface area (Å²) in [6.45, 7) is 0.532. The van der Waals surface area contributed by atoms with Crippen LogP contribution in [0.5, 0.6) is 0 Å². The molecule has 0 aliphatic heterocycles. The van der Waals surface area contributed by atoms with Crippen molar-refractivity contribution in [2.24, 2.45) is 11.3 Å². The number of esters is 1. The zero-order chi connectivity index (χ0) is 16.0. The Morgan fingerprint density at radius 1 is 1.26 bits per heavy atom. The molecule has 122 valence electrons. The Balaban J connectivity index is 1.47. The van der Waals surface area contributed by atoms with Crippen LogP contribution in [0.25, 0.3) is 5.57 Å². The second-order valence-electron chi connectivity index (χ2n) is 7.30. The third-order valence-electron chi connectivity index (χ3n) is 5.91. The fourth-order valence-corrected chi connectivity index (χ4v) is 5.13. The lowest BCUT2D eigenvalue weighted by molar-refractivity contribution is -0.142. The van der Waals surface area contributed by atoms with Crippen LogP contribution in [0.1, 0.15) is 49.7 Å². The van der Waals surface area contributed by atoms with Crippen molar-refractivity contribution >= 4 is 27.5 Å². The van der Waals surface area contributed by atoms with Crippen LogP contribution < -0.4 is 0 Å². The molecule has 4 heteroatoms. The van der Waals surface area contributed by atoms with Crippen molar-refractivity contribution in [3.8, 4) is 0 Å². The van der Waals surface area contributed by atoms with E-state index in [4.69, 9.17) is 4.74 Å². The molecule has 2 bridgehead atoms. The van der Waals surface area contributed by atoms with Crippen molar-refractivity contribution < 1.29 is 13.9 Å². The van der Waals surface area contributed by atoms with E-state index in [0.717, 1.165) is 17.0 Å². The molecule has 0 aromatic heterocycles. The quantitative estimate of drug-likeness (QED) is 0.688. The van der Waals surface area contributed by atoms with Crippen LogP contribution in [0.2, 0.25) is 0 Å². The normalized spacial score (nSPS) is 28.4. The fraction of sp³-hybridized carbons (Fsp3) is 0.526. The van der Waals surface area contributed by atoms with Crippen molar-refractivity contribution in [3.05, 3.63) is 39.6 Å². The van der Waals surface area contributed by atoms with Gasteiger partial charge in [-0.2, -0.15) is 0 Å². The van der Waals surface area contributed by atoms with E-state index in [1.54, 1.807) is 0 Å². The van der Waals surface area contributed by atoms with E-state index in [9.17, 15) is 9.18 Å². The van der Waals surface area contributed by atoms with Gasteiger partial charge in [-0.1, -0.05) is 22.0 Å². The van der Waals surface area contributed by atoms with Gasteiger partial charge in [-0.05, 0) is 68.6 Å². The van der Waals surface area contributed by atoms with Crippen LogP contribution in [0.3, 0.4) is 0 Å². The molecule has 1 aromatic carbocycles. The van der Waals surface area contributed by atoms with Crippen LogP contribution in [-0.4, -0.2) is 12.6 Å². The van der Waals surface area contributed by atoms with Gasteiger partial charge in [0, 0.05) is 15.5 Å². The highest BCUT2D eigenvalue weighted by Crippen LogP contribution is 2.50. The fourth-order valence-electron chi connectivity index (χ4n) is 4.44. The Labute approximate surface area is 144 Å². The molecule has 23 heavy (non-hydrogen) atoms. The summed E-state index contributed by atoms with van der Waals surface area (Å²) >= 11 is 3.38. The van der Waals surface area contributed by atoms with Gasteiger partial charge in [-0.25, -0.2) is 9.18 Å². The number of rotatable bonds is 3. The summed E-state index contributed by atoms with van der Waals surface area (Å²) < 4.78 is 19.8. The van der Waals surface area contributed by atoms with E-state index in [2.05, 4.69) is 15.9 Å². The van der Waals surface area contributed by atoms with E-state index in [1.807, 2.05) is 6.08 Å². The number of ether oxygens (including phenoxy) is 1. The molecule has 0 unspecified atom stereocenters. The average Bonchev–Trinajstić information content (AvgIpc) is 2.98. The Bertz CT molecular complexity index is 673. The Morgan fingerprint density at radius 2 is 1.96 bits per heavy atom. The van der Waals surface area contributed by atoms with Gasteiger partial charge in [0.2, 0.25) is 0 Å². The minimum absolute atomic E-state index is 0.215. The molecule has 0 spiro atoms. The smallest absolute Gasteiger partial charge is 0.338 e. The molecule has 4 aliphatic carbocycles. The summed E-state index contributed by atoms with van der Waals surface area (Å²) in [5, 5.41) is 0. The molecule has 0 saturated heterocycles. The number of carbonyl (C=O) groups is 1. The third kappa shape index (κ3) is 2.75. The van der Waals surface area contributed by atoms with E-state index in [-0.39, 0.29) is 17.2 Å². The van der Waals surface area contributed by atoms with Crippen molar-refractivity contribution in [2.75, 3.05) is 6.61 Å². The molecule has 0 N–H and O–H groups in total. The molecule has 3 fully saturated rings. The summed E-state index contributed by atoms with van der Waals surface area (Å²) in [6, 6.07) is 2.91. The molecule has 0 atom stereocenters. The van der Waals surface area contributed by atoms with Gasteiger partial charge in [0.05, 0.1) is 12.2 Å². The number of allylic oxidation sites excluding steroid dienone is 1. The topological polar surface area (TPSA) is 26.3 Å². The molecular weight excluding hydrogens is 359 g/mol. The standard InChI is InChI=1S/C19H20BrFO2/c20-16-10-14(21)9-13-1-2-15(17(13)16)18(22)23-11-19-6-3-12(4-7-19)5-8-19/h2,9-10,12H,1,3-8,11H2. The van der Waals surface area contributed by atoms with Crippen LogP contribution >= 0.6 is 15.9 Å². The zero-order valence-corrected chi connectivity index (χ0v) is 14.6. The third-order valence-corrected chi connectivity index (χ3v) is 6.54. The summed E-state index contributed by atoms with van der Waals surface area (Å²) in [6.07, 6.45) is 9.87. The van der Waals surface area contributed by atoms with Crippen molar-refractivity contribution in [1.82, 2.24) is 0 Å². The number of hydrogen-bond donors (Lipinski definition) is 0. The summed E-state index contributed by atoms with van der Waals surface area (Å²) in [4.78, 5) is 12.6. The number of halogens is 2. The highest BCUT2D eigenvalue weighted by atomic mass is 79.9. The van der Waals surface area contributed by atoms with E-state index < -0.39 is 0 Å². The number of carbonyl (C=O) groups excluding carboxylic acids is 1. The van der Waals surface area contributed by atoms with Gasteiger partial charge in [0.25, 0.3) is 0 Å². The lowest BCUT2D eigenvalue weighted by Gasteiger charge is -2.46. The van der Waals surface area contributed by atoms with Crippen molar-refractivity contribution in [3.63, 3.8) is 0 Å². The summed E-state index contributed by atoms with van der Waals surface area (Å²) in [5.41, 5.74) is 2.43. The lowest BCUT2D eigenvalue weighted by Crippen LogP contribution is -2.38. The largest absolute Gasteiger partial charge is 0.461 e. The van der Waals surface area contributed by atoms with Gasteiger partial charge < -0.3 is 4.74 Å². The average molecular weight is 379 g/mol. The maximum Gasteiger partial charge on any atom is 0.338 e. The molecule has 5 rings (SSSR count). The first-order valence-corrected chi connectivity index (χ1v) is 9.21. The Morgan fingerprint density at radius 3 is 2.65 bits per heavy atom. The second kappa shape index (κ2) is 5.73. The number of benzene rings is 1. The van der Waals surface area contributed by atoms with E-state index in [0.29, 0.717) is 23.1 Å². The highest BCUT2D eigenvalue weighted by Gasteiger charge is 2.41. The van der Waals surface area contributed by atoms with Gasteiger partial charge in [-0.15, -0.1) is 0 Å². The van der Waals surface area contributed by atoms with Crippen LogP contribution in [0.4, 0.5) is 4.39 Å². The molecule has 0 amide bonds. The van der Waals surface area contributed by atoms with Gasteiger partial charge in [0.15, 0.2) is 0 Å². The first-order valence-electron chi connectivity index (χ1n) is 8.42. The van der Waals surface area contributed by atoms with Gasteiger partial charge in [-0.3, -0.25) is 0 Å². The molecule has 0 radical (unpaired) electrons. The Kier molecular flexibility index (Phi) is 3.83. The molecule has 0 heterocycles. The van der Waals surface area contributed by atoms with Crippen LogP contribution in [0, 0.1) is 17.2 Å². The number of hydrogen-bond acceptors (Lipinski definition) is 2. The van der Waals surface area contributed by atoms with Crippen molar-refractivity contribution in [2.45, 2.75) is 44.9 Å². The first-order chi connectivity index (χ1) is 11.1. The molecular formula is C19H20BrFO2. The Hall–Kier alpha value is -1.16. The number of fused-ring (bicyclic) bond motifs is 4. The molecule has 3 saturated carbocycles. The minimum atomic E-state index is -0.281. The maximum absolute atomic E-state index is 13.5. The monoisotopic (exact) mass is 378 g/mol. The first kappa shape index (κ1) is 15.4. The minimum Gasteiger partial charge on any atom is -0.461 e. The molecule has 4 aliphatic rings. The zero-order valence-electron chi connectivity index (χ0n) is 13.0. The van der Waals surface area contributed by atoms with Gasteiger partial charge in [0.1, 0.15) is 5.82 Å². The van der Waals surface area contributed by atoms with E-state index in [1.165, 1.54) is 50.7 Å². The maximum atomic E-state index is 13.5. The van der Waals surface area contributed by atoms with Crippen LogP contribution in [-0.2, 0) is 16.0 Å². The van der Waals surface area contributed by atoms with Crippen LogP contribution in [0.15, 0.2) is 22.7 Å². The molecule has 1 aromatic rings.